The maximum Gasteiger partial charge on any atom is 0.422 e. The monoisotopic (exact) mass is 345 g/mol. The van der Waals surface area contributed by atoms with Crippen LogP contribution >= 0.6 is 0 Å². The van der Waals surface area contributed by atoms with E-state index in [0.29, 0.717) is 12.8 Å². The first-order valence-corrected chi connectivity index (χ1v) is 7.48. The first-order valence-electron chi connectivity index (χ1n) is 7.48. The third kappa shape index (κ3) is 4.84. The van der Waals surface area contributed by atoms with Gasteiger partial charge in [0.25, 0.3) is 0 Å². The normalized spacial score (nSPS) is 19.0. The minimum absolute atomic E-state index is 0.193. The van der Waals surface area contributed by atoms with Crippen molar-refractivity contribution in [2.24, 2.45) is 0 Å². The predicted octanol–water partition coefficient (Wildman–Crippen LogP) is 2.42. The molecule has 9 heteroatoms. The number of halogens is 3. The van der Waals surface area contributed by atoms with E-state index in [1.807, 2.05) is 0 Å². The van der Waals surface area contributed by atoms with Gasteiger partial charge in [-0.3, -0.25) is 14.7 Å². The SMILES string of the molecule is C[C@@H](NC(=O)[C@@H]1CCCN1C(=O)OCC(F)(F)F)c1ccncc1. The average Bonchev–Trinajstić information content (AvgIpc) is 3.02. The number of rotatable bonds is 4. The van der Waals surface area contributed by atoms with Crippen molar-refractivity contribution < 1.29 is 27.5 Å². The van der Waals surface area contributed by atoms with E-state index >= 15 is 0 Å². The molecule has 24 heavy (non-hydrogen) atoms. The molecule has 2 atom stereocenters. The quantitative estimate of drug-likeness (QED) is 0.910. The zero-order valence-corrected chi connectivity index (χ0v) is 13.0. The lowest BCUT2D eigenvalue weighted by Crippen LogP contribution is -2.47. The largest absolute Gasteiger partial charge is 0.440 e. The van der Waals surface area contributed by atoms with Crippen molar-refractivity contribution >= 4 is 12.0 Å². The van der Waals surface area contributed by atoms with Gasteiger partial charge in [0.05, 0.1) is 6.04 Å². The Morgan fingerprint density at radius 2 is 2.08 bits per heavy atom. The lowest BCUT2D eigenvalue weighted by Gasteiger charge is -2.25. The average molecular weight is 345 g/mol. The van der Waals surface area contributed by atoms with Crippen molar-refractivity contribution in [2.75, 3.05) is 13.2 Å². The number of likely N-dealkylation sites (tertiary alicyclic amines) is 1. The van der Waals surface area contributed by atoms with Gasteiger partial charge in [-0.15, -0.1) is 0 Å². The summed E-state index contributed by atoms with van der Waals surface area (Å²) >= 11 is 0. The summed E-state index contributed by atoms with van der Waals surface area (Å²) in [4.78, 5) is 29.1. The van der Waals surface area contributed by atoms with Gasteiger partial charge in [-0.2, -0.15) is 13.2 Å². The Morgan fingerprint density at radius 3 is 2.71 bits per heavy atom. The summed E-state index contributed by atoms with van der Waals surface area (Å²) < 4.78 is 40.6. The highest BCUT2D eigenvalue weighted by molar-refractivity contribution is 5.86. The van der Waals surface area contributed by atoms with Crippen LogP contribution in [0.2, 0.25) is 0 Å². The molecule has 0 radical (unpaired) electrons. The number of aromatic nitrogens is 1. The van der Waals surface area contributed by atoms with Gasteiger partial charge in [0, 0.05) is 18.9 Å². The van der Waals surface area contributed by atoms with Gasteiger partial charge in [-0.1, -0.05) is 0 Å². The van der Waals surface area contributed by atoms with Crippen LogP contribution in [0.3, 0.4) is 0 Å². The molecule has 2 amide bonds. The number of hydrogen-bond donors (Lipinski definition) is 1. The molecule has 1 fully saturated rings. The molecule has 1 saturated heterocycles. The van der Waals surface area contributed by atoms with Gasteiger partial charge < -0.3 is 10.1 Å². The Hall–Kier alpha value is -2.32. The summed E-state index contributed by atoms with van der Waals surface area (Å²) in [5.74, 6) is -0.416. The standard InChI is InChI=1S/C15H18F3N3O3/c1-10(11-4-6-19-7-5-11)20-13(22)12-3-2-8-21(12)14(23)24-9-15(16,17)18/h4-7,10,12H,2-3,8-9H2,1H3,(H,20,22)/t10-,12+/m1/s1. The first kappa shape index (κ1) is 18.0. The molecule has 132 valence electrons. The number of amides is 2. The van der Waals surface area contributed by atoms with Crippen LogP contribution in [-0.2, 0) is 9.53 Å². The van der Waals surface area contributed by atoms with Gasteiger partial charge >= 0.3 is 12.3 Å². The van der Waals surface area contributed by atoms with Crippen LogP contribution in [0, 0.1) is 0 Å². The molecule has 2 rings (SSSR count). The molecule has 1 aliphatic rings. The number of ether oxygens (including phenoxy) is 1. The van der Waals surface area contributed by atoms with E-state index in [9.17, 15) is 22.8 Å². The third-order valence-electron chi connectivity index (χ3n) is 3.71. The molecule has 1 aliphatic heterocycles. The molecule has 0 bridgehead atoms. The molecule has 0 spiro atoms. The van der Waals surface area contributed by atoms with Crippen molar-refractivity contribution in [1.82, 2.24) is 15.2 Å². The fraction of sp³-hybridized carbons (Fsp3) is 0.533. The summed E-state index contributed by atoms with van der Waals surface area (Å²) in [6, 6.07) is 2.35. The van der Waals surface area contributed by atoms with E-state index < -0.39 is 30.8 Å². The van der Waals surface area contributed by atoms with E-state index in [1.54, 1.807) is 31.5 Å². The van der Waals surface area contributed by atoms with E-state index in [2.05, 4.69) is 15.0 Å². The van der Waals surface area contributed by atoms with Crippen molar-refractivity contribution in [3.05, 3.63) is 30.1 Å². The van der Waals surface area contributed by atoms with Gasteiger partial charge in [0.15, 0.2) is 6.61 Å². The van der Waals surface area contributed by atoms with Gasteiger partial charge in [-0.05, 0) is 37.5 Å². The van der Waals surface area contributed by atoms with Gasteiger partial charge in [0.1, 0.15) is 6.04 Å². The summed E-state index contributed by atoms with van der Waals surface area (Å²) in [6.07, 6.45) is -1.62. The Balaban J connectivity index is 1.94. The van der Waals surface area contributed by atoms with E-state index in [-0.39, 0.29) is 12.6 Å². The summed E-state index contributed by atoms with van der Waals surface area (Å²) in [6.45, 7) is 0.303. The molecule has 0 aromatic carbocycles. The first-order chi connectivity index (χ1) is 11.3. The second-order valence-corrected chi connectivity index (χ2v) is 5.53. The number of hydrogen-bond acceptors (Lipinski definition) is 4. The molecule has 2 heterocycles. The number of carbonyl (C=O) groups is 2. The van der Waals surface area contributed by atoms with Crippen LogP contribution in [0.25, 0.3) is 0 Å². The van der Waals surface area contributed by atoms with Crippen molar-refractivity contribution in [1.29, 1.82) is 0 Å². The number of nitrogens with zero attached hydrogens (tertiary/aromatic N) is 2. The molecule has 0 aliphatic carbocycles. The third-order valence-corrected chi connectivity index (χ3v) is 3.71. The Labute approximate surface area is 137 Å². The molecule has 1 N–H and O–H groups in total. The topological polar surface area (TPSA) is 71.5 Å². The fourth-order valence-corrected chi connectivity index (χ4v) is 2.53. The smallest absolute Gasteiger partial charge is 0.422 e. The lowest BCUT2D eigenvalue weighted by molar-refractivity contribution is -0.162. The Bertz CT molecular complexity index is 580. The molecule has 1 aromatic heterocycles. The maximum absolute atomic E-state index is 12.3. The van der Waals surface area contributed by atoms with E-state index in [0.717, 1.165) is 10.5 Å². The van der Waals surface area contributed by atoms with Crippen molar-refractivity contribution in [2.45, 2.75) is 38.0 Å². The summed E-state index contributed by atoms with van der Waals surface area (Å²) in [5, 5.41) is 2.76. The Kier molecular flexibility index (Phi) is 5.63. The van der Waals surface area contributed by atoms with Gasteiger partial charge in [0.2, 0.25) is 5.91 Å². The van der Waals surface area contributed by atoms with Crippen LogP contribution < -0.4 is 5.32 Å². The molecule has 0 saturated carbocycles. The summed E-state index contributed by atoms with van der Waals surface area (Å²) in [7, 11) is 0. The summed E-state index contributed by atoms with van der Waals surface area (Å²) in [5.41, 5.74) is 0.836. The number of nitrogens with one attached hydrogen (secondary N) is 1. The second-order valence-electron chi connectivity index (χ2n) is 5.53. The zero-order valence-electron chi connectivity index (χ0n) is 13.0. The number of carbonyl (C=O) groups excluding carboxylic acids is 2. The van der Waals surface area contributed by atoms with Crippen LogP contribution in [0.5, 0.6) is 0 Å². The molecule has 6 nitrogen and oxygen atoms in total. The lowest BCUT2D eigenvalue weighted by atomic mass is 10.1. The van der Waals surface area contributed by atoms with Crippen LogP contribution in [-0.4, -0.2) is 47.3 Å². The minimum atomic E-state index is -4.59. The highest BCUT2D eigenvalue weighted by atomic mass is 19.4. The number of pyridine rings is 1. The molecular weight excluding hydrogens is 327 g/mol. The maximum atomic E-state index is 12.3. The molecular formula is C15H18F3N3O3. The van der Waals surface area contributed by atoms with Crippen LogP contribution in [0.4, 0.5) is 18.0 Å². The highest BCUT2D eigenvalue weighted by Gasteiger charge is 2.37. The van der Waals surface area contributed by atoms with E-state index in [4.69, 9.17) is 0 Å². The minimum Gasteiger partial charge on any atom is -0.440 e. The molecule has 0 unspecified atom stereocenters. The van der Waals surface area contributed by atoms with E-state index in [1.165, 1.54) is 0 Å². The van der Waals surface area contributed by atoms with Crippen LogP contribution in [0.15, 0.2) is 24.5 Å². The predicted molar refractivity (Wildman–Crippen MR) is 77.9 cm³/mol. The Morgan fingerprint density at radius 1 is 1.42 bits per heavy atom. The van der Waals surface area contributed by atoms with Crippen molar-refractivity contribution in [3.63, 3.8) is 0 Å². The van der Waals surface area contributed by atoms with Crippen LogP contribution in [0.1, 0.15) is 31.4 Å². The molecule has 1 aromatic rings. The van der Waals surface area contributed by atoms with Crippen molar-refractivity contribution in [3.8, 4) is 0 Å². The second kappa shape index (κ2) is 7.50. The zero-order chi connectivity index (χ0) is 17.7. The fourth-order valence-electron chi connectivity index (χ4n) is 2.53. The highest BCUT2D eigenvalue weighted by Crippen LogP contribution is 2.22. The number of alkyl halides is 3. The van der Waals surface area contributed by atoms with Gasteiger partial charge in [-0.25, -0.2) is 4.79 Å².